The fourth-order valence-corrected chi connectivity index (χ4v) is 5.73. The summed E-state index contributed by atoms with van der Waals surface area (Å²) in [6.45, 7) is 24.5. The molecule has 15 heteroatoms. The van der Waals surface area contributed by atoms with Crippen LogP contribution in [-0.4, -0.2) is 112 Å². The fourth-order valence-electron chi connectivity index (χ4n) is 5.73. The maximum absolute atomic E-state index is 13.7. The van der Waals surface area contributed by atoms with Gasteiger partial charge in [-0.15, -0.1) is 0 Å². The van der Waals surface area contributed by atoms with Crippen molar-refractivity contribution in [3.8, 4) is 0 Å². The molecule has 0 spiro atoms. The molecule has 1 aromatic rings. The highest BCUT2D eigenvalue weighted by atomic mass is 16.5. The van der Waals surface area contributed by atoms with Crippen LogP contribution < -0.4 is 27.0 Å². The van der Waals surface area contributed by atoms with E-state index in [1.54, 1.807) is 18.0 Å². The van der Waals surface area contributed by atoms with E-state index in [-0.39, 0.29) is 36.3 Å². The number of carbonyl (C=O) groups is 4. The number of methoxy groups -OCH3 is 1. The third-order valence-electron chi connectivity index (χ3n) is 8.82. The summed E-state index contributed by atoms with van der Waals surface area (Å²) in [6, 6.07) is -4.29. The molecule has 52 heavy (non-hydrogen) atoms. The van der Waals surface area contributed by atoms with Gasteiger partial charge in [0.2, 0.25) is 23.6 Å². The highest BCUT2D eigenvalue weighted by Crippen LogP contribution is 2.19. The number of hydrogen-bond acceptors (Lipinski definition) is 10. The van der Waals surface area contributed by atoms with Crippen LogP contribution in [0.3, 0.4) is 0 Å². The molecule has 0 aliphatic rings. The molecule has 0 fully saturated rings. The number of hydrogen-bond donors (Lipinski definition) is 7. The molecule has 4 amide bonds. The van der Waals surface area contributed by atoms with Gasteiger partial charge in [-0.25, -0.2) is 4.98 Å². The van der Waals surface area contributed by atoms with Crippen LogP contribution in [0.1, 0.15) is 93.2 Å². The number of ether oxygens (including phenoxy) is 2. The number of H-pyrrole nitrogens is 1. The summed E-state index contributed by atoms with van der Waals surface area (Å²) in [5, 5.41) is 21.8. The number of nitrogens with one attached hydrogen (secondary N) is 5. The van der Waals surface area contributed by atoms with Gasteiger partial charge in [0.15, 0.2) is 0 Å². The van der Waals surface area contributed by atoms with Gasteiger partial charge < -0.3 is 51.5 Å². The molecule has 8 N–H and O–H groups in total. The number of rotatable bonds is 27. The first-order valence-corrected chi connectivity index (χ1v) is 18.3. The van der Waals surface area contributed by atoms with Crippen molar-refractivity contribution in [2.75, 3.05) is 26.9 Å². The number of carbonyl (C=O) groups excluding carboxylic acids is 4. The van der Waals surface area contributed by atoms with Crippen LogP contribution >= 0.6 is 0 Å². The number of aliphatic hydroxyl groups excluding tert-OH is 1. The van der Waals surface area contributed by atoms with E-state index in [9.17, 15) is 24.3 Å². The second-order valence-corrected chi connectivity index (χ2v) is 14.3. The number of nitrogens with two attached hydrogens (primary N) is 1. The molecular formula is C37H66N8O7. The second kappa shape index (κ2) is 22.9. The minimum absolute atomic E-state index is 0.0282. The summed E-state index contributed by atoms with van der Waals surface area (Å²) in [5.74, 6) is -2.07. The van der Waals surface area contributed by atoms with E-state index in [0.29, 0.717) is 36.7 Å². The van der Waals surface area contributed by atoms with Crippen LogP contribution in [0.2, 0.25) is 0 Å². The second-order valence-electron chi connectivity index (χ2n) is 14.3. The Hall–Kier alpha value is -3.95. The summed E-state index contributed by atoms with van der Waals surface area (Å²) in [5.41, 5.74) is 6.87. The van der Waals surface area contributed by atoms with Gasteiger partial charge in [0.1, 0.15) is 18.1 Å². The van der Waals surface area contributed by atoms with Gasteiger partial charge >= 0.3 is 0 Å². The smallest absolute Gasteiger partial charge is 0.245 e. The molecule has 0 aliphatic carbocycles. The van der Waals surface area contributed by atoms with Crippen molar-refractivity contribution >= 4 is 23.6 Å². The van der Waals surface area contributed by atoms with Crippen LogP contribution in [-0.2, 0) is 35.1 Å². The monoisotopic (exact) mass is 735 g/mol. The topological polar surface area (TPSA) is 213 Å². The first-order chi connectivity index (χ1) is 24.4. The van der Waals surface area contributed by atoms with Crippen molar-refractivity contribution in [3.05, 3.63) is 42.8 Å². The standard InChI is InChI=1S/C37H66N8O7/c1-12-15-37(9,10)52-17-14-32(47)45(16-13-2)26(7)24(5)41-29(18-23(3)4)25(6)42-30(19-28-20-39-22-40-28)35(49)43-31(21-46)36(50)44-33(34(38)48)27(8)51-11/h20,22-23,26-27,29-31,33,41-42,46H,5-6,12-19,21H2,1-4,7-11H3,(H2,38,48)(H,39,40)(H,43,49)(H,44,50)/t26-,27?,29?,30-,31?,33-/m0/s1. The minimum Gasteiger partial charge on any atom is -0.394 e. The molecule has 0 bridgehead atoms. The third kappa shape index (κ3) is 15.7. The van der Waals surface area contributed by atoms with Crippen LogP contribution in [0.4, 0.5) is 0 Å². The van der Waals surface area contributed by atoms with Crippen LogP contribution in [0, 0.1) is 5.92 Å². The van der Waals surface area contributed by atoms with E-state index >= 15 is 0 Å². The van der Waals surface area contributed by atoms with Crippen molar-refractivity contribution in [3.63, 3.8) is 0 Å². The molecule has 6 atom stereocenters. The quantitative estimate of drug-likeness (QED) is 0.0699. The van der Waals surface area contributed by atoms with E-state index in [2.05, 4.69) is 65.2 Å². The van der Waals surface area contributed by atoms with Crippen molar-refractivity contribution < 1.29 is 33.8 Å². The number of nitrogens with zero attached hydrogens (tertiary/aromatic N) is 2. The highest BCUT2D eigenvalue weighted by Gasteiger charge is 2.32. The maximum Gasteiger partial charge on any atom is 0.245 e. The Bertz CT molecular complexity index is 1290. The predicted octanol–water partition coefficient (Wildman–Crippen LogP) is 2.04. The van der Waals surface area contributed by atoms with Gasteiger partial charge in [0.25, 0.3) is 0 Å². The molecule has 0 aliphatic heterocycles. The van der Waals surface area contributed by atoms with Gasteiger partial charge in [0.05, 0.1) is 49.8 Å². The Kier molecular flexibility index (Phi) is 20.3. The highest BCUT2D eigenvalue weighted by molar-refractivity contribution is 5.93. The lowest BCUT2D eigenvalue weighted by molar-refractivity contribution is -0.135. The number of aliphatic hydroxyl groups is 1. The molecule has 3 unspecified atom stereocenters. The Balaban J connectivity index is 3.18. The molecule has 1 rings (SSSR count). The SMILES string of the molecule is C=C(N[C@@H](Cc1cnc[nH]1)C(=O)NC(CO)C(=O)N[C@H](C(N)=O)C(C)OC)C(CC(C)C)NC(=C)[C@H](C)N(CCC)C(=O)CCOC(C)(C)CCC. The zero-order valence-corrected chi connectivity index (χ0v) is 32.8. The summed E-state index contributed by atoms with van der Waals surface area (Å²) in [6.07, 6.45) is 5.98. The molecule has 1 aromatic heterocycles. The van der Waals surface area contributed by atoms with Gasteiger partial charge in [-0.1, -0.05) is 47.3 Å². The largest absolute Gasteiger partial charge is 0.394 e. The van der Waals surface area contributed by atoms with Crippen molar-refractivity contribution in [1.82, 2.24) is 36.1 Å². The first-order valence-electron chi connectivity index (χ1n) is 18.3. The molecule has 0 saturated heterocycles. The zero-order valence-electron chi connectivity index (χ0n) is 32.8. The molecule has 1 heterocycles. The van der Waals surface area contributed by atoms with Gasteiger partial charge in [-0.3, -0.25) is 19.2 Å². The molecular weight excluding hydrogens is 668 g/mol. The number of imidazole rings is 1. The number of aromatic amines is 1. The lowest BCUT2D eigenvalue weighted by Gasteiger charge is -2.35. The first kappa shape index (κ1) is 46.1. The molecule has 0 aromatic carbocycles. The minimum atomic E-state index is -1.40. The fraction of sp³-hybridized carbons (Fsp3) is 0.703. The number of primary amides is 1. The Labute approximate surface area is 310 Å². The number of aromatic nitrogens is 2. The number of amides is 4. The van der Waals surface area contributed by atoms with E-state index in [4.69, 9.17) is 15.2 Å². The van der Waals surface area contributed by atoms with Crippen LogP contribution in [0.25, 0.3) is 0 Å². The van der Waals surface area contributed by atoms with E-state index < -0.39 is 54.6 Å². The average molecular weight is 735 g/mol. The Morgan fingerprint density at radius 2 is 1.62 bits per heavy atom. The van der Waals surface area contributed by atoms with Gasteiger partial charge in [-0.05, 0) is 52.9 Å². The molecule has 0 saturated carbocycles. The molecule has 0 radical (unpaired) electrons. The molecule has 15 nitrogen and oxygen atoms in total. The zero-order chi connectivity index (χ0) is 39.6. The Morgan fingerprint density at radius 1 is 0.981 bits per heavy atom. The lowest BCUT2D eigenvalue weighted by Crippen LogP contribution is -2.59. The third-order valence-corrected chi connectivity index (χ3v) is 8.82. The lowest BCUT2D eigenvalue weighted by atomic mass is 9.99. The predicted molar refractivity (Wildman–Crippen MR) is 202 cm³/mol. The van der Waals surface area contributed by atoms with Gasteiger partial charge in [-0.2, -0.15) is 0 Å². The van der Waals surface area contributed by atoms with Crippen molar-refractivity contribution in [2.45, 2.75) is 136 Å². The Morgan fingerprint density at radius 3 is 2.13 bits per heavy atom. The normalized spacial score (nSPS) is 15.1. The van der Waals surface area contributed by atoms with E-state index in [1.807, 2.05) is 27.7 Å². The van der Waals surface area contributed by atoms with E-state index in [1.165, 1.54) is 13.4 Å². The van der Waals surface area contributed by atoms with Crippen molar-refractivity contribution in [2.24, 2.45) is 11.7 Å². The van der Waals surface area contributed by atoms with Gasteiger partial charge in [0, 0.05) is 43.4 Å². The summed E-state index contributed by atoms with van der Waals surface area (Å²) in [4.78, 5) is 61.0. The summed E-state index contributed by atoms with van der Waals surface area (Å²) in [7, 11) is 1.36. The average Bonchev–Trinajstić information content (AvgIpc) is 3.59. The van der Waals surface area contributed by atoms with Crippen molar-refractivity contribution in [1.29, 1.82) is 0 Å². The summed E-state index contributed by atoms with van der Waals surface area (Å²) < 4.78 is 11.2. The molecule has 296 valence electrons. The van der Waals surface area contributed by atoms with E-state index in [0.717, 1.165) is 19.3 Å². The summed E-state index contributed by atoms with van der Waals surface area (Å²) >= 11 is 0. The maximum atomic E-state index is 13.7. The van der Waals surface area contributed by atoms with Crippen LogP contribution in [0.5, 0.6) is 0 Å². The van der Waals surface area contributed by atoms with Crippen LogP contribution in [0.15, 0.2) is 37.1 Å².